The standard InChI is InChI=1S/C15H13F3N2O4/c1-7-11(14(21)22)12(13(20(23)24)8(2)19-7)9-3-5-10(6-4-9)15(16,17)18/h3-6,12,19H,1-2H3,(H,21,22). The van der Waals surface area contributed by atoms with Crippen LogP contribution < -0.4 is 5.32 Å². The topological polar surface area (TPSA) is 92.5 Å². The van der Waals surface area contributed by atoms with Gasteiger partial charge in [0.25, 0.3) is 5.70 Å². The number of nitrogens with one attached hydrogen (secondary N) is 1. The molecule has 128 valence electrons. The number of nitrogens with zero attached hydrogens (tertiary/aromatic N) is 1. The molecule has 1 aromatic rings. The number of aliphatic carboxylic acids is 1. The van der Waals surface area contributed by atoms with Gasteiger partial charge in [-0.15, -0.1) is 0 Å². The van der Waals surface area contributed by atoms with Gasteiger partial charge in [0.1, 0.15) is 5.92 Å². The highest BCUT2D eigenvalue weighted by Gasteiger charge is 2.40. The second-order valence-corrected chi connectivity index (χ2v) is 5.29. The highest BCUT2D eigenvalue weighted by Crippen LogP contribution is 2.39. The number of carbonyl (C=O) groups is 1. The largest absolute Gasteiger partial charge is 0.478 e. The summed E-state index contributed by atoms with van der Waals surface area (Å²) in [6.07, 6.45) is -4.55. The Labute approximate surface area is 134 Å². The second-order valence-electron chi connectivity index (χ2n) is 5.29. The molecule has 1 aliphatic rings. The predicted molar refractivity (Wildman–Crippen MR) is 77.4 cm³/mol. The summed E-state index contributed by atoms with van der Waals surface area (Å²) in [6, 6.07) is 3.68. The molecular weight excluding hydrogens is 329 g/mol. The third-order valence-corrected chi connectivity index (χ3v) is 3.72. The molecule has 1 aromatic carbocycles. The van der Waals surface area contributed by atoms with Crippen molar-refractivity contribution in [3.63, 3.8) is 0 Å². The van der Waals surface area contributed by atoms with Crippen molar-refractivity contribution in [1.29, 1.82) is 0 Å². The summed E-state index contributed by atoms with van der Waals surface area (Å²) in [7, 11) is 0. The smallest absolute Gasteiger partial charge is 0.416 e. The Bertz CT molecular complexity index is 728. The Morgan fingerprint density at radius 1 is 1.21 bits per heavy atom. The molecule has 1 aliphatic heterocycles. The van der Waals surface area contributed by atoms with Gasteiger partial charge in [0.05, 0.1) is 21.8 Å². The molecule has 0 aromatic heterocycles. The lowest BCUT2D eigenvalue weighted by Gasteiger charge is -2.25. The summed E-state index contributed by atoms with van der Waals surface area (Å²) in [5.41, 5.74) is -1.14. The molecule has 6 nitrogen and oxygen atoms in total. The minimum absolute atomic E-state index is 0.104. The van der Waals surface area contributed by atoms with Crippen LogP contribution in [0, 0.1) is 10.1 Å². The number of carboxylic acids is 1. The van der Waals surface area contributed by atoms with Crippen molar-refractivity contribution in [2.24, 2.45) is 0 Å². The molecule has 24 heavy (non-hydrogen) atoms. The normalized spacial score (nSPS) is 18.5. The van der Waals surface area contributed by atoms with Crippen LogP contribution in [0.25, 0.3) is 0 Å². The lowest BCUT2D eigenvalue weighted by atomic mass is 9.84. The summed E-state index contributed by atoms with van der Waals surface area (Å²) < 4.78 is 38.0. The Morgan fingerprint density at radius 3 is 2.17 bits per heavy atom. The van der Waals surface area contributed by atoms with Crippen molar-refractivity contribution < 1.29 is 28.0 Å². The van der Waals surface area contributed by atoms with Gasteiger partial charge >= 0.3 is 12.1 Å². The average molecular weight is 342 g/mol. The summed E-state index contributed by atoms with van der Waals surface area (Å²) in [5, 5.41) is 23.4. The maximum absolute atomic E-state index is 12.7. The SMILES string of the molecule is CC1=C(C(=O)O)C(c2ccc(C(F)(F)F)cc2)C([N+](=O)[O-])=C(C)N1. The van der Waals surface area contributed by atoms with E-state index in [4.69, 9.17) is 0 Å². The number of benzene rings is 1. The minimum atomic E-state index is -4.55. The van der Waals surface area contributed by atoms with E-state index in [-0.39, 0.29) is 22.5 Å². The van der Waals surface area contributed by atoms with E-state index < -0.39 is 34.2 Å². The lowest BCUT2D eigenvalue weighted by molar-refractivity contribution is -0.431. The van der Waals surface area contributed by atoms with Gasteiger partial charge in [-0.25, -0.2) is 4.79 Å². The first kappa shape index (κ1) is 17.5. The Kier molecular flexibility index (Phi) is 4.37. The highest BCUT2D eigenvalue weighted by molar-refractivity contribution is 5.90. The van der Waals surface area contributed by atoms with E-state index >= 15 is 0 Å². The first-order valence-corrected chi connectivity index (χ1v) is 6.77. The van der Waals surface area contributed by atoms with Crippen LogP contribution in [0.2, 0.25) is 0 Å². The molecular formula is C15H13F3N2O4. The van der Waals surface area contributed by atoms with E-state index in [1.807, 2.05) is 0 Å². The van der Waals surface area contributed by atoms with Gasteiger partial charge in [-0.3, -0.25) is 10.1 Å². The number of rotatable bonds is 3. The molecule has 0 amide bonds. The van der Waals surface area contributed by atoms with E-state index in [0.717, 1.165) is 24.3 Å². The summed E-state index contributed by atoms with van der Waals surface area (Å²) in [4.78, 5) is 22.2. The molecule has 2 N–H and O–H groups in total. The van der Waals surface area contributed by atoms with Gasteiger partial charge in [0.15, 0.2) is 0 Å². The maximum Gasteiger partial charge on any atom is 0.416 e. The molecule has 0 fully saturated rings. The van der Waals surface area contributed by atoms with Gasteiger partial charge in [-0.05, 0) is 31.5 Å². The molecule has 0 bridgehead atoms. The number of hydrogen-bond donors (Lipinski definition) is 2. The number of allylic oxidation sites excluding steroid dienone is 3. The highest BCUT2D eigenvalue weighted by atomic mass is 19.4. The van der Waals surface area contributed by atoms with Gasteiger partial charge < -0.3 is 10.4 Å². The zero-order valence-corrected chi connectivity index (χ0v) is 12.6. The van der Waals surface area contributed by atoms with Crippen LogP contribution in [0.3, 0.4) is 0 Å². The van der Waals surface area contributed by atoms with Gasteiger partial charge in [0.2, 0.25) is 0 Å². The molecule has 1 atom stereocenters. The van der Waals surface area contributed by atoms with E-state index in [2.05, 4.69) is 5.32 Å². The number of hydrogen-bond acceptors (Lipinski definition) is 4. The first-order chi connectivity index (χ1) is 11.0. The van der Waals surface area contributed by atoms with Gasteiger partial charge in [0, 0.05) is 5.70 Å². The lowest BCUT2D eigenvalue weighted by Crippen LogP contribution is -2.30. The van der Waals surface area contributed by atoms with Crippen LogP contribution in [0.1, 0.15) is 30.9 Å². The van der Waals surface area contributed by atoms with E-state index in [1.54, 1.807) is 0 Å². The maximum atomic E-state index is 12.7. The zero-order valence-electron chi connectivity index (χ0n) is 12.6. The Morgan fingerprint density at radius 2 is 1.75 bits per heavy atom. The van der Waals surface area contributed by atoms with Crippen LogP contribution in [0.15, 0.2) is 46.9 Å². The number of carboxylic acid groups (broad SMARTS) is 1. The van der Waals surface area contributed by atoms with Crippen molar-refractivity contribution >= 4 is 5.97 Å². The van der Waals surface area contributed by atoms with E-state index in [0.29, 0.717) is 0 Å². The number of alkyl halides is 3. The quantitative estimate of drug-likeness (QED) is 0.650. The summed E-state index contributed by atoms with van der Waals surface area (Å²) in [5.74, 6) is -2.64. The van der Waals surface area contributed by atoms with Crippen LogP contribution in [-0.4, -0.2) is 16.0 Å². The first-order valence-electron chi connectivity index (χ1n) is 6.77. The molecule has 1 heterocycles. The average Bonchev–Trinajstić information content (AvgIpc) is 2.44. The number of halogens is 3. The van der Waals surface area contributed by atoms with Crippen molar-refractivity contribution in [1.82, 2.24) is 5.32 Å². The van der Waals surface area contributed by atoms with Crippen molar-refractivity contribution in [2.45, 2.75) is 25.9 Å². The Hall–Kier alpha value is -2.84. The van der Waals surface area contributed by atoms with Crippen molar-refractivity contribution in [2.75, 3.05) is 0 Å². The fraction of sp³-hybridized carbons (Fsp3) is 0.267. The summed E-state index contributed by atoms with van der Waals surface area (Å²) >= 11 is 0. The van der Waals surface area contributed by atoms with E-state index in [1.165, 1.54) is 13.8 Å². The molecule has 0 aliphatic carbocycles. The van der Waals surface area contributed by atoms with Crippen LogP contribution in [0.5, 0.6) is 0 Å². The third kappa shape index (κ3) is 3.10. The molecule has 9 heteroatoms. The number of nitro groups is 1. The van der Waals surface area contributed by atoms with Gasteiger partial charge in [-0.1, -0.05) is 12.1 Å². The third-order valence-electron chi connectivity index (χ3n) is 3.72. The minimum Gasteiger partial charge on any atom is -0.478 e. The molecule has 0 saturated heterocycles. The molecule has 1 unspecified atom stereocenters. The predicted octanol–water partition coefficient (Wildman–Crippen LogP) is 3.26. The van der Waals surface area contributed by atoms with Crippen molar-refractivity contribution in [3.05, 3.63) is 68.2 Å². The monoisotopic (exact) mass is 342 g/mol. The van der Waals surface area contributed by atoms with Crippen LogP contribution in [0.4, 0.5) is 13.2 Å². The molecule has 0 saturated carbocycles. The fourth-order valence-corrected chi connectivity index (χ4v) is 2.70. The van der Waals surface area contributed by atoms with Crippen molar-refractivity contribution in [3.8, 4) is 0 Å². The Balaban J connectivity index is 2.62. The molecule has 2 rings (SSSR count). The number of dihydropyridines is 1. The molecule has 0 spiro atoms. The molecule has 0 radical (unpaired) electrons. The van der Waals surface area contributed by atoms with Gasteiger partial charge in [-0.2, -0.15) is 13.2 Å². The summed E-state index contributed by atoms with van der Waals surface area (Å²) in [6.45, 7) is 2.86. The zero-order chi connectivity index (χ0) is 18.2. The van der Waals surface area contributed by atoms with Crippen LogP contribution in [-0.2, 0) is 11.0 Å². The van der Waals surface area contributed by atoms with E-state index in [9.17, 15) is 33.2 Å². The van der Waals surface area contributed by atoms with Crippen LogP contribution >= 0.6 is 0 Å². The second kappa shape index (κ2) is 5.99. The fourth-order valence-electron chi connectivity index (χ4n) is 2.70.